The zero-order valence-corrected chi connectivity index (χ0v) is 16.1. The summed E-state index contributed by atoms with van der Waals surface area (Å²) in [5, 5.41) is 0. The maximum Gasteiger partial charge on any atom is 0.146 e. The predicted molar refractivity (Wildman–Crippen MR) is 101 cm³/mol. The molecule has 0 amide bonds. The molecule has 0 aromatic rings. The van der Waals surface area contributed by atoms with Crippen molar-refractivity contribution in [3.8, 4) is 0 Å². The molecule has 3 aliphatic heterocycles. The molecule has 0 saturated carbocycles. The summed E-state index contributed by atoms with van der Waals surface area (Å²) in [6.07, 6.45) is 9.70. The number of nitrogens with zero attached hydrogens (tertiary/aromatic N) is 4. The summed E-state index contributed by atoms with van der Waals surface area (Å²) < 4.78 is 0. The van der Waals surface area contributed by atoms with Crippen molar-refractivity contribution in [2.75, 3.05) is 59.4 Å². The second-order valence-corrected chi connectivity index (χ2v) is 8.34. The molecule has 0 aliphatic carbocycles. The van der Waals surface area contributed by atoms with Gasteiger partial charge in [0.2, 0.25) is 0 Å². The third-order valence-corrected chi connectivity index (χ3v) is 6.31. The van der Waals surface area contributed by atoms with Crippen molar-refractivity contribution in [2.45, 2.75) is 57.9 Å². The fourth-order valence-corrected chi connectivity index (χ4v) is 4.58. The molecule has 3 rings (SSSR count). The minimum atomic E-state index is 0.821. The van der Waals surface area contributed by atoms with Gasteiger partial charge in [0.25, 0.3) is 0 Å². The van der Waals surface area contributed by atoms with Crippen LogP contribution in [0.25, 0.3) is 0 Å². The Kier molecular flexibility index (Phi) is 7.38. The SMILES string of the molecule is CC1CCCN1CC1CCN([C]N(C)CCN2CCCCC2)CC1. The quantitative estimate of drug-likeness (QED) is 0.664. The van der Waals surface area contributed by atoms with Crippen molar-refractivity contribution in [1.29, 1.82) is 0 Å². The van der Waals surface area contributed by atoms with Crippen molar-refractivity contribution in [2.24, 2.45) is 5.92 Å². The van der Waals surface area contributed by atoms with E-state index in [2.05, 4.69) is 40.2 Å². The fraction of sp³-hybridized carbons (Fsp3) is 0.950. The van der Waals surface area contributed by atoms with Crippen LogP contribution in [0.15, 0.2) is 0 Å². The molecule has 2 radical (unpaired) electrons. The van der Waals surface area contributed by atoms with Crippen LogP contribution in [-0.2, 0) is 0 Å². The van der Waals surface area contributed by atoms with Gasteiger partial charge in [-0.05, 0) is 78.0 Å². The lowest BCUT2D eigenvalue weighted by Crippen LogP contribution is -2.42. The van der Waals surface area contributed by atoms with Gasteiger partial charge in [-0.25, -0.2) is 0 Å². The average molecular weight is 335 g/mol. The highest BCUT2D eigenvalue weighted by Crippen LogP contribution is 2.24. The lowest BCUT2D eigenvalue weighted by molar-refractivity contribution is 0.125. The molecule has 3 aliphatic rings. The Bertz CT molecular complexity index is 348. The van der Waals surface area contributed by atoms with Gasteiger partial charge < -0.3 is 9.80 Å². The van der Waals surface area contributed by atoms with Gasteiger partial charge in [0, 0.05) is 38.8 Å². The van der Waals surface area contributed by atoms with Gasteiger partial charge in [0.15, 0.2) is 0 Å². The summed E-state index contributed by atoms with van der Waals surface area (Å²) in [4.78, 5) is 10.1. The summed E-state index contributed by atoms with van der Waals surface area (Å²) >= 11 is 0. The average Bonchev–Trinajstić information content (AvgIpc) is 3.01. The molecule has 0 spiro atoms. The molecule has 24 heavy (non-hydrogen) atoms. The third kappa shape index (κ3) is 5.69. The van der Waals surface area contributed by atoms with E-state index in [9.17, 15) is 0 Å². The number of rotatable bonds is 7. The van der Waals surface area contributed by atoms with E-state index in [4.69, 9.17) is 0 Å². The van der Waals surface area contributed by atoms with Crippen molar-refractivity contribution in [3.63, 3.8) is 0 Å². The first kappa shape index (κ1) is 18.6. The Morgan fingerprint density at radius 1 is 0.917 bits per heavy atom. The van der Waals surface area contributed by atoms with Gasteiger partial charge in [-0.2, -0.15) is 0 Å². The van der Waals surface area contributed by atoms with E-state index >= 15 is 0 Å². The molecule has 0 aromatic carbocycles. The van der Waals surface area contributed by atoms with Crippen LogP contribution in [0.2, 0.25) is 0 Å². The molecule has 3 fully saturated rings. The Hall–Kier alpha value is -0.160. The van der Waals surface area contributed by atoms with Crippen molar-refractivity contribution in [1.82, 2.24) is 19.6 Å². The highest BCUT2D eigenvalue weighted by molar-refractivity contribution is 4.82. The van der Waals surface area contributed by atoms with Crippen LogP contribution in [0.4, 0.5) is 0 Å². The molecule has 4 heteroatoms. The largest absolute Gasteiger partial charge is 0.302 e. The summed E-state index contributed by atoms with van der Waals surface area (Å²) in [5.74, 6) is 0.905. The Morgan fingerprint density at radius 3 is 2.33 bits per heavy atom. The van der Waals surface area contributed by atoms with E-state index in [-0.39, 0.29) is 0 Å². The van der Waals surface area contributed by atoms with Crippen LogP contribution in [0.1, 0.15) is 51.9 Å². The highest BCUT2D eigenvalue weighted by Gasteiger charge is 2.26. The molecular formula is C20H38N4. The maximum absolute atomic E-state index is 3.61. The molecule has 3 saturated heterocycles. The third-order valence-electron chi connectivity index (χ3n) is 6.31. The van der Waals surface area contributed by atoms with E-state index in [1.54, 1.807) is 0 Å². The second kappa shape index (κ2) is 9.51. The number of likely N-dealkylation sites (N-methyl/N-ethyl adjacent to an activating group) is 1. The lowest BCUT2D eigenvalue weighted by atomic mass is 9.96. The topological polar surface area (TPSA) is 13.0 Å². The molecule has 0 bridgehead atoms. The highest BCUT2D eigenvalue weighted by atomic mass is 15.3. The first-order chi connectivity index (χ1) is 11.7. The van der Waals surface area contributed by atoms with E-state index in [1.165, 1.54) is 90.8 Å². The molecule has 1 atom stereocenters. The van der Waals surface area contributed by atoms with Crippen LogP contribution in [0.3, 0.4) is 0 Å². The first-order valence-corrected chi connectivity index (χ1v) is 10.4. The van der Waals surface area contributed by atoms with Crippen molar-refractivity contribution in [3.05, 3.63) is 6.67 Å². The van der Waals surface area contributed by atoms with E-state index in [0.717, 1.165) is 18.5 Å². The number of hydrogen-bond acceptors (Lipinski definition) is 4. The molecular weight excluding hydrogens is 296 g/mol. The standard InChI is InChI=1S/C20H38N4/c1-19-7-6-12-24(19)17-20-8-13-23(14-9-20)18-21(2)15-16-22-10-4-3-5-11-22/h19-20H,3-17H2,1-2H3. The monoisotopic (exact) mass is 334 g/mol. The van der Waals surface area contributed by atoms with E-state index in [0.29, 0.717) is 0 Å². The zero-order chi connectivity index (χ0) is 16.8. The minimum Gasteiger partial charge on any atom is -0.302 e. The number of piperidine rings is 2. The number of hydrogen-bond donors (Lipinski definition) is 0. The van der Waals surface area contributed by atoms with Crippen LogP contribution in [0, 0.1) is 12.6 Å². The summed E-state index contributed by atoms with van der Waals surface area (Å²) in [5.41, 5.74) is 0. The maximum atomic E-state index is 3.61. The normalized spacial score (nSPS) is 28.9. The molecule has 3 heterocycles. The molecule has 4 nitrogen and oxygen atoms in total. The number of likely N-dealkylation sites (tertiary alicyclic amines) is 3. The van der Waals surface area contributed by atoms with Crippen LogP contribution >= 0.6 is 0 Å². The molecule has 1 unspecified atom stereocenters. The second-order valence-electron chi connectivity index (χ2n) is 8.34. The minimum absolute atomic E-state index is 0.821. The Balaban J connectivity index is 1.28. The van der Waals surface area contributed by atoms with Gasteiger partial charge in [0.05, 0.1) is 0 Å². The van der Waals surface area contributed by atoms with Gasteiger partial charge in [-0.1, -0.05) is 6.42 Å². The van der Waals surface area contributed by atoms with Gasteiger partial charge >= 0.3 is 0 Å². The summed E-state index contributed by atoms with van der Waals surface area (Å²) in [6, 6.07) is 0.821. The van der Waals surface area contributed by atoms with Gasteiger partial charge in [0.1, 0.15) is 6.67 Å². The molecule has 0 aromatic heterocycles. The van der Waals surface area contributed by atoms with E-state index in [1.807, 2.05) is 0 Å². The summed E-state index contributed by atoms with van der Waals surface area (Å²) in [7, 11) is 2.20. The Morgan fingerprint density at radius 2 is 1.67 bits per heavy atom. The zero-order valence-electron chi connectivity index (χ0n) is 16.1. The van der Waals surface area contributed by atoms with Crippen LogP contribution in [-0.4, -0.2) is 85.0 Å². The van der Waals surface area contributed by atoms with Crippen LogP contribution in [0.5, 0.6) is 0 Å². The fourth-order valence-electron chi connectivity index (χ4n) is 4.58. The smallest absolute Gasteiger partial charge is 0.146 e. The summed E-state index contributed by atoms with van der Waals surface area (Å²) in [6.45, 7) is 16.0. The van der Waals surface area contributed by atoms with Gasteiger partial charge in [-0.15, -0.1) is 0 Å². The molecule has 138 valence electrons. The molecule has 0 N–H and O–H groups in total. The lowest BCUT2D eigenvalue weighted by Gasteiger charge is -2.36. The van der Waals surface area contributed by atoms with Crippen molar-refractivity contribution < 1.29 is 0 Å². The van der Waals surface area contributed by atoms with Crippen LogP contribution < -0.4 is 0 Å². The van der Waals surface area contributed by atoms with Gasteiger partial charge in [-0.3, -0.25) is 9.80 Å². The Labute approximate surface area is 150 Å². The van der Waals surface area contributed by atoms with Crippen molar-refractivity contribution >= 4 is 0 Å². The predicted octanol–water partition coefficient (Wildman–Crippen LogP) is 2.60. The van der Waals surface area contributed by atoms with E-state index < -0.39 is 0 Å². The first-order valence-electron chi connectivity index (χ1n) is 10.4.